The van der Waals surface area contributed by atoms with Crippen molar-refractivity contribution in [2.75, 3.05) is 0 Å². The molecule has 0 saturated carbocycles. The first-order valence-corrected chi connectivity index (χ1v) is 4.45. The largest absolute Gasteiger partial charge is 0.386 e. The molecule has 1 aromatic rings. The van der Waals surface area contributed by atoms with Gasteiger partial charge in [0.1, 0.15) is 12.2 Å². The fourth-order valence-corrected chi connectivity index (χ4v) is 1.42. The molecule has 0 fully saturated rings. The van der Waals surface area contributed by atoms with Crippen LogP contribution in [0.25, 0.3) is 5.70 Å². The number of rotatable bonds is 1. The van der Waals surface area contributed by atoms with Crippen LogP contribution in [0.2, 0.25) is 0 Å². The van der Waals surface area contributed by atoms with Gasteiger partial charge in [-0.3, -0.25) is 0 Å². The summed E-state index contributed by atoms with van der Waals surface area (Å²) in [7, 11) is 0. The van der Waals surface area contributed by atoms with E-state index in [0.717, 1.165) is 5.69 Å². The first-order chi connectivity index (χ1) is 6.68. The smallest absolute Gasteiger partial charge is 0.125 e. The summed E-state index contributed by atoms with van der Waals surface area (Å²) in [5.41, 5.74) is 1.47. The van der Waals surface area contributed by atoms with Crippen molar-refractivity contribution in [2.24, 2.45) is 0 Å². The third-order valence-corrected chi connectivity index (χ3v) is 2.19. The lowest BCUT2D eigenvalue weighted by Crippen LogP contribution is -2.29. The summed E-state index contributed by atoms with van der Waals surface area (Å²) in [6, 6.07) is 1.85. The molecule has 2 N–H and O–H groups in total. The normalized spacial score (nSPS) is 26.4. The third-order valence-electron chi connectivity index (χ3n) is 2.19. The summed E-state index contributed by atoms with van der Waals surface area (Å²) in [4.78, 5) is 0. The van der Waals surface area contributed by atoms with Gasteiger partial charge in [0, 0.05) is 6.20 Å². The van der Waals surface area contributed by atoms with Gasteiger partial charge >= 0.3 is 0 Å². The Morgan fingerprint density at radius 3 is 2.86 bits per heavy atom. The molecule has 74 valence electrons. The number of hydrogen-bond donors (Lipinski definition) is 2. The molecule has 0 aromatic carbocycles. The molecule has 4 nitrogen and oxygen atoms in total. The highest BCUT2D eigenvalue weighted by Crippen LogP contribution is 2.17. The van der Waals surface area contributed by atoms with E-state index in [1.54, 1.807) is 29.1 Å². The molecule has 0 saturated heterocycles. The topological polar surface area (TPSA) is 58.3 Å². The lowest BCUT2D eigenvalue weighted by Gasteiger charge is -2.20. The van der Waals surface area contributed by atoms with Gasteiger partial charge in [0.05, 0.1) is 11.4 Å². The fourth-order valence-electron chi connectivity index (χ4n) is 1.42. The summed E-state index contributed by atoms with van der Waals surface area (Å²) in [5, 5.41) is 23.2. The van der Waals surface area contributed by atoms with E-state index in [2.05, 4.69) is 5.10 Å². The van der Waals surface area contributed by atoms with Gasteiger partial charge in [-0.25, -0.2) is 4.68 Å². The van der Waals surface area contributed by atoms with Crippen molar-refractivity contribution in [1.29, 1.82) is 0 Å². The van der Waals surface area contributed by atoms with Crippen LogP contribution in [0.1, 0.15) is 5.69 Å². The van der Waals surface area contributed by atoms with Gasteiger partial charge in [-0.1, -0.05) is 12.2 Å². The van der Waals surface area contributed by atoms with E-state index in [-0.39, 0.29) is 0 Å². The Morgan fingerprint density at radius 2 is 2.21 bits per heavy atom. The van der Waals surface area contributed by atoms with E-state index >= 15 is 0 Å². The van der Waals surface area contributed by atoms with Crippen molar-refractivity contribution in [2.45, 2.75) is 19.1 Å². The van der Waals surface area contributed by atoms with E-state index < -0.39 is 12.2 Å². The van der Waals surface area contributed by atoms with E-state index in [1.165, 1.54) is 0 Å². The minimum absolute atomic E-state index is 0.591. The highest BCUT2D eigenvalue weighted by Gasteiger charge is 2.22. The van der Waals surface area contributed by atoms with Gasteiger partial charge < -0.3 is 10.2 Å². The van der Waals surface area contributed by atoms with Crippen LogP contribution in [0.15, 0.2) is 30.5 Å². The van der Waals surface area contributed by atoms with E-state index in [4.69, 9.17) is 0 Å². The molecule has 4 heteroatoms. The van der Waals surface area contributed by atoms with Gasteiger partial charge in [0.15, 0.2) is 0 Å². The zero-order chi connectivity index (χ0) is 10.1. The molecule has 0 radical (unpaired) electrons. The second-order valence-electron chi connectivity index (χ2n) is 3.31. The molecular weight excluding hydrogens is 180 g/mol. The standard InChI is InChI=1S/C10H12N2O2/c1-7-5-6-12(11-7)8-3-2-4-9(13)10(8)14/h2-6,9-10,13-14H,1H3/t9-,10+/m0/s1. The summed E-state index contributed by atoms with van der Waals surface area (Å²) >= 11 is 0. The highest BCUT2D eigenvalue weighted by atomic mass is 16.3. The molecule has 0 aliphatic heterocycles. The van der Waals surface area contributed by atoms with Gasteiger partial charge in [-0.15, -0.1) is 0 Å². The summed E-state index contributed by atoms with van der Waals surface area (Å²) in [6.07, 6.45) is 5.01. The van der Waals surface area contributed by atoms with Gasteiger partial charge in [0.2, 0.25) is 0 Å². The molecule has 1 aromatic heterocycles. The lowest BCUT2D eigenvalue weighted by atomic mass is 10.1. The molecule has 0 spiro atoms. The Kier molecular flexibility index (Phi) is 2.23. The van der Waals surface area contributed by atoms with Crippen LogP contribution in [0.5, 0.6) is 0 Å². The predicted molar refractivity (Wildman–Crippen MR) is 52.4 cm³/mol. The Labute approximate surface area is 81.8 Å². The van der Waals surface area contributed by atoms with E-state index in [1.807, 2.05) is 13.0 Å². The number of nitrogens with zero attached hydrogens (tertiary/aromatic N) is 2. The highest BCUT2D eigenvalue weighted by molar-refractivity contribution is 5.55. The van der Waals surface area contributed by atoms with Gasteiger partial charge in [-0.2, -0.15) is 5.10 Å². The Hall–Kier alpha value is -1.39. The van der Waals surface area contributed by atoms with Crippen LogP contribution in [0.4, 0.5) is 0 Å². The SMILES string of the molecule is Cc1ccn(C2=CC=C[C@H](O)[C@@H]2O)n1. The van der Waals surface area contributed by atoms with Crippen molar-refractivity contribution in [3.05, 3.63) is 36.2 Å². The van der Waals surface area contributed by atoms with Gasteiger partial charge in [0.25, 0.3) is 0 Å². The summed E-state index contributed by atoms with van der Waals surface area (Å²) in [6.45, 7) is 1.87. The number of allylic oxidation sites excluding steroid dienone is 2. The minimum atomic E-state index is -0.903. The second kappa shape index (κ2) is 3.40. The van der Waals surface area contributed by atoms with E-state index in [9.17, 15) is 10.2 Å². The fraction of sp³-hybridized carbons (Fsp3) is 0.300. The number of aliphatic hydroxyl groups is 2. The van der Waals surface area contributed by atoms with Crippen LogP contribution in [0.3, 0.4) is 0 Å². The maximum Gasteiger partial charge on any atom is 0.125 e. The van der Waals surface area contributed by atoms with Crippen LogP contribution in [-0.2, 0) is 0 Å². The van der Waals surface area contributed by atoms with Crippen LogP contribution in [-0.4, -0.2) is 32.2 Å². The zero-order valence-electron chi connectivity index (χ0n) is 7.83. The molecule has 1 aliphatic rings. The first-order valence-electron chi connectivity index (χ1n) is 4.45. The Bertz CT molecular complexity index is 393. The monoisotopic (exact) mass is 192 g/mol. The van der Waals surface area contributed by atoms with Gasteiger partial charge in [-0.05, 0) is 19.1 Å². The number of aryl methyl sites for hydroxylation is 1. The maximum atomic E-state index is 9.67. The van der Waals surface area contributed by atoms with Crippen molar-refractivity contribution in [1.82, 2.24) is 9.78 Å². The summed E-state index contributed by atoms with van der Waals surface area (Å²) in [5.74, 6) is 0. The number of hydrogen-bond acceptors (Lipinski definition) is 3. The molecule has 2 rings (SSSR count). The Morgan fingerprint density at radius 1 is 1.43 bits per heavy atom. The van der Waals surface area contributed by atoms with Crippen molar-refractivity contribution in [3.8, 4) is 0 Å². The van der Waals surface area contributed by atoms with Crippen LogP contribution < -0.4 is 0 Å². The molecule has 0 amide bonds. The molecular formula is C10H12N2O2. The second-order valence-corrected chi connectivity index (χ2v) is 3.31. The van der Waals surface area contributed by atoms with Crippen molar-refractivity contribution >= 4 is 5.70 Å². The van der Waals surface area contributed by atoms with Crippen LogP contribution in [0, 0.1) is 6.92 Å². The molecule has 0 unspecified atom stereocenters. The van der Waals surface area contributed by atoms with Crippen LogP contribution >= 0.6 is 0 Å². The van der Waals surface area contributed by atoms with Crippen molar-refractivity contribution in [3.63, 3.8) is 0 Å². The van der Waals surface area contributed by atoms with E-state index in [0.29, 0.717) is 5.70 Å². The lowest BCUT2D eigenvalue weighted by molar-refractivity contribution is 0.0818. The molecule has 1 aliphatic carbocycles. The average molecular weight is 192 g/mol. The molecule has 14 heavy (non-hydrogen) atoms. The first kappa shape index (κ1) is 9.18. The Balaban J connectivity index is 2.34. The predicted octanol–water partition coefficient (Wildman–Crippen LogP) is 0.324. The molecule has 0 bridgehead atoms. The third kappa shape index (κ3) is 1.49. The molecule has 2 atom stereocenters. The van der Waals surface area contributed by atoms with Crippen molar-refractivity contribution < 1.29 is 10.2 Å². The maximum absolute atomic E-state index is 9.67. The quantitative estimate of drug-likeness (QED) is 0.674. The average Bonchev–Trinajstić information content (AvgIpc) is 2.57. The molecule has 1 heterocycles. The zero-order valence-corrected chi connectivity index (χ0v) is 7.83. The number of aliphatic hydroxyl groups excluding tert-OH is 2. The minimum Gasteiger partial charge on any atom is -0.386 e. The number of aromatic nitrogens is 2. The summed E-state index contributed by atoms with van der Waals surface area (Å²) < 4.78 is 1.58.